The number of pyridine rings is 1. The highest BCUT2D eigenvalue weighted by atomic mass is 32.2. The monoisotopic (exact) mass is 373 g/mol. The molecule has 2 aliphatic rings. The zero-order valence-corrected chi connectivity index (χ0v) is 15.7. The third kappa shape index (κ3) is 3.76. The van der Waals surface area contributed by atoms with Gasteiger partial charge in [-0.15, -0.1) is 10.2 Å². The summed E-state index contributed by atoms with van der Waals surface area (Å²) in [6, 6.07) is 4.46. The Hall–Kier alpha value is -1.93. The number of likely N-dealkylation sites (N-methyl/N-ethyl adjacent to an activating group) is 1. The van der Waals surface area contributed by atoms with E-state index >= 15 is 0 Å². The maximum Gasteiger partial charge on any atom is 0.276 e. The van der Waals surface area contributed by atoms with Crippen LogP contribution in [0, 0.1) is 0 Å². The summed E-state index contributed by atoms with van der Waals surface area (Å²) in [5.41, 5.74) is 0.848. The van der Waals surface area contributed by atoms with Gasteiger partial charge in [0.15, 0.2) is 0 Å². The fourth-order valence-corrected chi connectivity index (χ4v) is 4.57. The lowest BCUT2D eigenvalue weighted by atomic mass is 10.1. The van der Waals surface area contributed by atoms with E-state index < -0.39 is 0 Å². The molecule has 2 aromatic rings. The van der Waals surface area contributed by atoms with Crippen molar-refractivity contribution in [2.75, 3.05) is 25.9 Å². The van der Waals surface area contributed by atoms with Crippen molar-refractivity contribution >= 4 is 17.7 Å². The zero-order valence-electron chi connectivity index (χ0n) is 14.9. The number of amides is 1. The number of hydrogen-bond donors (Lipinski definition) is 0. The first-order valence-corrected chi connectivity index (χ1v) is 10.1. The Balaban J connectivity index is 1.31. The van der Waals surface area contributed by atoms with Crippen LogP contribution in [0.3, 0.4) is 0 Å². The van der Waals surface area contributed by atoms with Crippen molar-refractivity contribution < 1.29 is 9.21 Å². The lowest BCUT2D eigenvalue weighted by Crippen LogP contribution is -2.42. The Morgan fingerprint density at radius 3 is 2.88 bits per heavy atom. The van der Waals surface area contributed by atoms with E-state index in [-0.39, 0.29) is 5.91 Å². The standard InChI is InChI=1S/C18H23N5O2S/c1-22-10-6-14-2-3-15(12-22)23(14)16(24)7-11-26-18-21-20-17(25-18)13-4-8-19-9-5-13/h4-5,8-9,14-15H,2-3,6-7,10-12H2,1H3/t14-,15+/m1/s1. The van der Waals surface area contributed by atoms with Gasteiger partial charge in [-0.1, -0.05) is 11.8 Å². The number of rotatable bonds is 5. The van der Waals surface area contributed by atoms with Crippen molar-refractivity contribution in [1.29, 1.82) is 0 Å². The molecule has 0 spiro atoms. The van der Waals surface area contributed by atoms with Gasteiger partial charge in [-0.2, -0.15) is 0 Å². The van der Waals surface area contributed by atoms with Crippen LogP contribution in [0.15, 0.2) is 34.2 Å². The maximum atomic E-state index is 12.8. The van der Waals surface area contributed by atoms with Crippen LogP contribution in [-0.2, 0) is 4.79 Å². The van der Waals surface area contributed by atoms with Gasteiger partial charge in [-0.25, -0.2) is 0 Å². The molecule has 0 radical (unpaired) electrons. The number of carbonyl (C=O) groups is 1. The van der Waals surface area contributed by atoms with E-state index in [1.807, 2.05) is 12.1 Å². The van der Waals surface area contributed by atoms with Gasteiger partial charge < -0.3 is 14.2 Å². The number of nitrogens with zero attached hydrogens (tertiary/aromatic N) is 5. The molecule has 0 unspecified atom stereocenters. The summed E-state index contributed by atoms with van der Waals surface area (Å²) in [6.45, 7) is 2.08. The average Bonchev–Trinajstić information content (AvgIpc) is 3.23. The van der Waals surface area contributed by atoms with Gasteiger partial charge in [0.05, 0.1) is 0 Å². The first-order valence-electron chi connectivity index (χ1n) is 9.07. The molecule has 0 aliphatic carbocycles. The highest BCUT2D eigenvalue weighted by Crippen LogP contribution is 2.31. The minimum Gasteiger partial charge on any atom is -0.411 e. The molecule has 2 aromatic heterocycles. The predicted molar refractivity (Wildman–Crippen MR) is 98.6 cm³/mol. The molecule has 26 heavy (non-hydrogen) atoms. The van der Waals surface area contributed by atoms with E-state index in [9.17, 15) is 4.79 Å². The third-order valence-electron chi connectivity index (χ3n) is 5.15. The summed E-state index contributed by atoms with van der Waals surface area (Å²) in [5, 5.41) is 8.63. The molecule has 4 heterocycles. The Kier molecular flexibility index (Phi) is 5.21. The normalized spacial score (nSPS) is 23.2. The number of aromatic nitrogens is 3. The van der Waals surface area contributed by atoms with Gasteiger partial charge >= 0.3 is 0 Å². The van der Waals surface area contributed by atoms with E-state index in [2.05, 4.69) is 32.0 Å². The van der Waals surface area contributed by atoms with Gasteiger partial charge in [-0.05, 0) is 45.0 Å². The van der Waals surface area contributed by atoms with Gasteiger partial charge in [0, 0.05) is 48.8 Å². The van der Waals surface area contributed by atoms with Crippen molar-refractivity contribution in [1.82, 2.24) is 25.0 Å². The third-order valence-corrected chi connectivity index (χ3v) is 5.97. The van der Waals surface area contributed by atoms with E-state index in [1.54, 1.807) is 12.4 Å². The Morgan fingerprint density at radius 2 is 2.04 bits per heavy atom. The Morgan fingerprint density at radius 1 is 1.23 bits per heavy atom. The van der Waals surface area contributed by atoms with Crippen molar-refractivity contribution in [3.63, 3.8) is 0 Å². The molecule has 0 N–H and O–H groups in total. The SMILES string of the molecule is CN1CC[C@H]2CC[C@@H](C1)N2C(=O)CCSc1nnc(-c2ccncc2)o1. The minimum atomic E-state index is 0.258. The van der Waals surface area contributed by atoms with Gasteiger partial charge in [0.25, 0.3) is 5.22 Å². The second-order valence-electron chi connectivity index (χ2n) is 6.94. The molecule has 2 bridgehead atoms. The first-order chi connectivity index (χ1) is 12.7. The molecule has 2 aliphatic heterocycles. The smallest absolute Gasteiger partial charge is 0.276 e. The maximum absolute atomic E-state index is 12.8. The molecular formula is C18H23N5O2S. The van der Waals surface area contributed by atoms with Crippen LogP contribution in [0.25, 0.3) is 11.5 Å². The second kappa shape index (κ2) is 7.75. The zero-order chi connectivity index (χ0) is 17.9. The lowest BCUT2D eigenvalue weighted by Gasteiger charge is -2.28. The Labute approximate surface area is 157 Å². The van der Waals surface area contributed by atoms with Crippen LogP contribution in [0.2, 0.25) is 0 Å². The Bertz CT molecular complexity index is 753. The van der Waals surface area contributed by atoms with Gasteiger partial charge in [0.2, 0.25) is 11.8 Å². The van der Waals surface area contributed by atoms with Crippen LogP contribution in [0.4, 0.5) is 0 Å². The molecule has 1 amide bonds. The van der Waals surface area contributed by atoms with Crippen molar-refractivity contribution in [2.24, 2.45) is 0 Å². The number of thioether (sulfide) groups is 1. The van der Waals surface area contributed by atoms with E-state index in [4.69, 9.17) is 4.42 Å². The molecule has 0 saturated carbocycles. The molecule has 4 rings (SSSR count). The van der Waals surface area contributed by atoms with Crippen LogP contribution >= 0.6 is 11.8 Å². The lowest BCUT2D eigenvalue weighted by molar-refractivity contribution is -0.133. The summed E-state index contributed by atoms with van der Waals surface area (Å²) in [5.74, 6) is 1.40. The number of fused-ring (bicyclic) bond motifs is 2. The molecular weight excluding hydrogens is 350 g/mol. The fraction of sp³-hybridized carbons (Fsp3) is 0.556. The molecule has 2 fully saturated rings. The number of likely N-dealkylation sites (tertiary alicyclic amines) is 1. The first kappa shape index (κ1) is 17.5. The summed E-state index contributed by atoms with van der Waals surface area (Å²) in [4.78, 5) is 21.2. The fourth-order valence-electron chi connectivity index (χ4n) is 3.89. The van der Waals surface area contributed by atoms with Gasteiger partial charge in [0.1, 0.15) is 0 Å². The molecule has 0 aromatic carbocycles. The highest BCUT2D eigenvalue weighted by molar-refractivity contribution is 7.99. The van der Waals surface area contributed by atoms with E-state index in [0.29, 0.717) is 35.4 Å². The average molecular weight is 373 g/mol. The van der Waals surface area contributed by atoms with Crippen LogP contribution in [0.5, 0.6) is 0 Å². The van der Waals surface area contributed by atoms with Crippen LogP contribution < -0.4 is 0 Å². The topological polar surface area (TPSA) is 75.4 Å². The van der Waals surface area contributed by atoms with E-state index in [1.165, 1.54) is 11.8 Å². The quantitative estimate of drug-likeness (QED) is 0.745. The van der Waals surface area contributed by atoms with Crippen molar-refractivity contribution in [3.8, 4) is 11.5 Å². The van der Waals surface area contributed by atoms with Crippen molar-refractivity contribution in [2.45, 2.75) is 43.0 Å². The number of hydrogen-bond acceptors (Lipinski definition) is 7. The summed E-state index contributed by atoms with van der Waals surface area (Å²) in [6.07, 6.45) is 7.26. The van der Waals surface area contributed by atoms with Crippen molar-refractivity contribution in [3.05, 3.63) is 24.5 Å². The highest BCUT2D eigenvalue weighted by Gasteiger charge is 2.38. The summed E-state index contributed by atoms with van der Waals surface area (Å²) < 4.78 is 5.67. The molecule has 8 heteroatoms. The van der Waals surface area contributed by atoms with Gasteiger partial charge in [-0.3, -0.25) is 9.78 Å². The largest absolute Gasteiger partial charge is 0.411 e. The number of carbonyl (C=O) groups excluding carboxylic acids is 1. The molecule has 2 saturated heterocycles. The summed E-state index contributed by atoms with van der Waals surface area (Å²) in [7, 11) is 2.15. The predicted octanol–water partition coefficient (Wildman–Crippen LogP) is 2.31. The van der Waals surface area contributed by atoms with Crippen LogP contribution in [-0.4, -0.2) is 68.9 Å². The summed E-state index contributed by atoms with van der Waals surface area (Å²) >= 11 is 1.44. The van der Waals surface area contributed by atoms with E-state index in [0.717, 1.165) is 37.9 Å². The minimum absolute atomic E-state index is 0.258. The van der Waals surface area contributed by atoms with Crippen LogP contribution in [0.1, 0.15) is 25.7 Å². The second-order valence-corrected chi connectivity index (χ2v) is 7.99. The molecule has 138 valence electrons. The molecule has 7 nitrogen and oxygen atoms in total. The molecule has 2 atom stereocenters.